The van der Waals surface area contributed by atoms with Gasteiger partial charge in [-0.1, -0.05) is 146 Å². The minimum Gasteiger partial charge on any atom is -0.278 e. The van der Waals surface area contributed by atoms with Crippen LogP contribution < -0.4 is 10.9 Å². The van der Waals surface area contributed by atoms with E-state index in [0.29, 0.717) is 0 Å². The lowest BCUT2D eigenvalue weighted by molar-refractivity contribution is 1.32. The second-order valence-corrected chi connectivity index (χ2v) is 9.76. The summed E-state index contributed by atoms with van der Waals surface area (Å²) < 4.78 is 0. The Morgan fingerprint density at radius 1 is 0.310 bits per heavy atom. The zero-order chi connectivity index (χ0) is 28.4. The van der Waals surface area contributed by atoms with Gasteiger partial charge in [0, 0.05) is 22.3 Å². The molecule has 6 aromatic carbocycles. The normalized spacial score (nSPS) is 10.4. The number of anilines is 2. The summed E-state index contributed by atoms with van der Waals surface area (Å²) in [6.45, 7) is 0. The molecule has 6 aromatic rings. The van der Waals surface area contributed by atoms with Gasteiger partial charge in [0.05, 0.1) is 22.8 Å². The van der Waals surface area contributed by atoms with Gasteiger partial charge in [-0.15, -0.1) is 0 Å². The average molecular weight is 543 g/mol. The molecule has 0 fully saturated rings. The fourth-order valence-electron chi connectivity index (χ4n) is 4.69. The van der Waals surface area contributed by atoms with Gasteiger partial charge in [-0.05, 0) is 35.4 Å². The summed E-state index contributed by atoms with van der Waals surface area (Å²) in [6, 6.07) is 57.5. The first-order valence-electron chi connectivity index (χ1n) is 13.9. The van der Waals surface area contributed by atoms with Gasteiger partial charge in [-0.3, -0.25) is 10.9 Å². The van der Waals surface area contributed by atoms with Crippen LogP contribution in [-0.2, 0) is 0 Å². The molecule has 0 heterocycles. The highest BCUT2D eigenvalue weighted by atomic mass is 15.3. The molecule has 0 amide bonds. The van der Waals surface area contributed by atoms with Crippen molar-refractivity contribution in [2.75, 3.05) is 10.9 Å². The minimum atomic E-state index is 0.897. The first kappa shape index (κ1) is 26.5. The molecule has 0 aliphatic carbocycles. The SMILES string of the molecule is c1ccc(C(=NNc2ccc(-c3ccc(NN=C(c4ccccc4)c4ccccc4)cc3)cc2)c2ccccc2)cc1. The monoisotopic (exact) mass is 542 g/mol. The van der Waals surface area contributed by atoms with Crippen LogP contribution in [0.25, 0.3) is 11.1 Å². The van der Waals surface area contributed by atoms with Crippen LogP contribution in [0.3, 0.4) is 0 Å². The van der Waals surface area contributed by atoms with Crippen molar-refractivity contribution in [2.24, 2.45) is 10.2 Å². The van der Waals surface area contributed by atoms with Crippen molar-refractivity contribution in [2.45, 2.75) is 0 Å². The van der Waals surface area contributed by atoms with Crippen molar-refractivity contribution >= 4 is 22.8 Å². The molecule has 0 atom stereocenters. The molecule has 0 unspecified atom stereocenters. The molecule has 0 bridgehead atoms. The third-order valence-corrected chi connectivity index (χ3v) is 6.89. The molecule has 0 aliphatic heterocycles. The summed E-state index contributed by atoms with van der Waals surface area (Å²) >= 11 is 0. The fraction of sp³-hybridized carbons (Fsp3) is 0. The van der Waals surface area contributed by atoms with Crippen molar-refractivity contribution in [3.8, 4) is 11.1 Å². The Bertz CT molecular complexity index is 1540. The van der Waals surface area contributed by atoms with Crippen molar-refractivity contribution in [1.29, 1.82) is 0 Å². The summed E-state index contributed by atoms with van der Waals surface area (Å²) in [6.07, 6.45) is 0. The lowest BCUT2D eigenvalue weighted by Gasteiger charge is -2.10. The summed E-state index contributed by atoms with van der Waals surface area (Å²) in [5.41, 5.74) is 16.6. The molecule has 42 heavy (non-hydrogen) atoms. The summed E-state index contributed by atoms with van der Waals surface area (Å²) in [4.78, 5) is 0. The molecule has 0 saturated heterocycles. The third-order valence-electron chi connectivity index (χ3n) is 6.89. The first-order chi connectivity index (χ1) is 20.8. The molecule has 202 valence electrons. The van der Waals surface area contributed by atoms with Gasteiger partial charge in [-0.2, -0.15) is 10.2 Å². The van der Waals surface area contributed by atoms with Crippen molar-refractivity contribution < 1.29 is 0 Å². The van der Waals surface area contributed by atoms with Crippen molar-refractivity contribution in [3.63, 3.8) is 0 Å². The molecule has 0 aromatic heterocycles. The highest BCUT2D eigenvalue weighted by Crippen LogP contribution is 2.24. The largest absolute Gasteiger partial charge is 0.278 e. The van der Waals surface area contributed by atoms with Gasteiger partial charge >= 0.3 is 0 Å². The smallest absolute Gasteiger partial charge is 0.0977 e. The van der Waals surface area contributed by atoms with Crippen molar-refractivity contribution in [3.05, 3.63) is 192 Å². The van der Waals surface area contributed by atoms with E-state index in [1.165, 1.54) is 0 Å². The number of rotatable bonds is 9. The van der Waals surface area contributed by atoms with E-state index in [9.17, 15) is 0 Å². The summed E-state index contributed by atoms with van der Waals surface area (Å²) in [5.74, 6) is 0. The lowest BCUT2D eigenvalue weighted by Crippen LogP contribution is -2.06. The van der Waals surface area contributed by atoms with Gasteiger partial charge in [-0.25, -0.2) is 0 Å². The predicted molar refractivity (Wildman–Crippen MR) is 176 cm³/mol. The molecule has 4 heteroatoms. The molecule has 0 radical (unpaired) electrons. The van der Waals surface area contributed by atoms with Gasteiger partial charge in [0.25, 0.3) is 0 Å². The highest BCUT2D eigenvalue weighted by molar-refractivity contribution is 6.13. The van der Waals surface area contributed by atoms with Crippen LogP contribution in [0.1, 0.15) is 22.3 Å². The van der Waals surface area contributed by atoms with E-state index in [2.05, 4.69) is 108 Å². The molecule has 0 saturated carbocycles. The fourth-order valence-corrected chi connectivity index (χ4v) is 4.69. The van der Waals surface area contributed by atoms with Crippen LogP contribution in [0.4, 0.5) is 11.4 Å². The van der Waals surface area contributed by atoms with Gasteiger partial charge in [0.15, 0.2) is 0 Å². The Hall–Kier alpha value is -5.74. The summed E-state index contributed by atoms with van der Waals surface area (Å²) in [7, 11) is 0. The zero-order valence-corrected chi connectivity index (χ0v) is 23.1. The standard InChI is InChI=1S/C38H30N4/c1-5-13-31(14-6-1)37(32-15-7-2-8-16-32)41-39-35-25-21-29(22-26-35)30-23-27-36(28-24-30)40-42-38(33-17-9-3-10-18-33)34-19-11-4-12-20-34/h1-28,39-40H. The molecule has 0 spiro atoms. The Labute approximate surface area is 246 Å². The van der Waals surface area contributed by atoms with E-state index < -0.39 is 0 Å². The Kier molecular flexibility index (Phi) is 8.24. The highest BCUT2D eigenvalue weighted by Gasteiger charge is 2.08. The Morgan fingerprint density at radius 3 is 0.833 bits per heavy atom. The van der Waals surface area contributed by atoms with Gasteiger partial charge < -0.3 is 0 Å². The number of benzene rings is 6. The molecule has 4 nitrogen and oxygen atoms in total. The topological polar surface area (TPSA) is 48.8 Å². The van der Waals surface area contributed by atoms with E-state index in [1.54, 1.807) is 0 Å². The van der Waals surface area contributed by atoms with Crippen LogP contribution in [0.15, 0.2) is 180 Å². The zero-order valence-electron chi connectivity index (χ0n) is 23.1. The van der Waals surface area contributed by atoms with Crippen LogP contribution >= 0.6 is 0 Å². The van der Waals surface area contributed by atoms with Crippen molar-refractivity contribution in [1.82, 2.24) is 0 Å². The van der Waals surface area contributed by atoms with Crippen LogP contribution in [0, 0.1) is 0 Å². The quantitative estimate of drug-likeness (QED) is 0.141. The van der Waals surface area contributed by atoms with Crippen LogP contribution in [0.2, 0.25) is 0 Å². The predicted octanol–water partition coefficient (Wildman–Crippen LogP) is 9.08. The van der Waals surface area contributed by atoms with E-state index >= 15 is 0 Å². The second kappa shape index (κ2) is 13.1. The maximum atomic E-state index is 4.77. The number of nitrogens with one attached hydrogen (secondary N) is 2. The second-order valence-electron chi connectivity index (χ2n) is 9.76. The minimum absolute atomic E-state index is 0.897. The Balaban J connectivity index is 1.17. The third kappa shape index (κ3) is 6.52. The lowest BCUT2D eigenvalue weighted by atomic mass is 10.0. The summed E-state index contributed by atoms with van der Waals surface area (Å²) in [5, 5.41) is 9.55. The van der Waals surface area contributed by atoms with Crippen LogP contribution in [0.5, 0.6) is 0 Å². The Morgan fingerprint density at radius 2 is 0.571 bits per heavy atom. The maximum Gasteiger partial charge on any atom is 0.0977 e. The van der Waals surface area contributed by atoms with Gasteiger partial charge in [0.1, 0.15) is 0 Å². The molecular weight excluding hydrogens is 512 g/mol. The van der Waals surface area contributed by atoms with E-state index in [0.717, 1.165) is 56.2 Å². The van der Waals surface area contributed by atoms with Gasteiger partial charge in [0.2, 0.25) is 0 Å². The van der Waals surface area contributed by atoms with E-state index in [1.807, 2.05) is 72.8 Å². The number of hydrogen-bond donors (Lipinski definition) is 2. The van der Waals surface area contributed by atoms with E-state index in [-0.39, 0.29) is 0 Å². The molecule has 2 N–H and O–H groups in total. The molecule has 0 aliphatic rings. The maximum absolute atomic E-state index is 4.77. The molecule has 6 rings (SSSR count). The number of hydrazone groups is 2. The first-order valence-corrected chi connectivity index (χ1v) is 13.9. The number of nitrogens with zero attached hydrogens (tertiary/aromatic N) is 2. The molecular formula is C38H30N4. The van der Waals surface area contributed by atoms with E-state index in [4.69, 9.17) is 10.2 Å². The van der Waals surface area contributed by atoms with Crippen LogP contribution in [-0.4, -0.2) is 11.4 Å². The number of hydrogen-bond acceptors (Lipinski definition) is 4. The average Bonchev–Trinajstić information content (AvgIpc) is 3.08.